The molecule has 2 aromatic carbocycles. The van der Waals surface area contributed by atoms with Gasteiger partial charge in [-0.15, -0.1) is 0 Å². The number of nitrogens with zero attached hydrogens (tertiary/aromatic N) is 3. The van der Waals surface area contributed by atoms with Gasteiger partial charge in [-0.25, -0.2) is 9.97 Å². The molecule has 1 heterocycles. The molecule has 13 heteroatoms. The molecule has 0 fully saturated rings. The number of non-ortho nitro benzene ring substituents is 1. The van der Waals surface area contributed by atoms with Crippen molar-refractivity contribution in [1.29, 1.82) is 0 Å². The number of anilines is 2. The molecule has 31 heavy (non-hydrogen) atoms. The number of alkyl halides is 4. The molecule has 3 aromatic rings. The van der Waals surface area contributed by atoms with Gasteiger partial charge in [0.1, 0.15) is 5.75 Å². The summed E-state index contributed by atoms with van der Waals surface area (Å²) in [6.07, 6.45) is -7.21. The molecule has 0 bridgehead atoms. The van der Waals surface area contributed by atoms with Crippen LogP contribution in [0.1, 0.15) is 0 Å². The first-order valence-electron chi connectivity index (χ1n) is 8.04. The fourth-order valence-corrected chi connectivity index (χ4v) is 2.33. The van der Waals surface area contributed by atoms with Gasteiger partial charge in [-0.05, 0) is 18.2 Å². The average Bonchev–Trinajstić information content (AvgIpc) is 2.68. The first-order chi connectivity index (χ1) is 13.7. The van der Waals surface area contributed by atoms with E-state index in [1.807, 2.05) is 0 Å². The van der Waals surface area contributed by atoms with Crippen molar-refractivity contribution in [2.45, 2.75) is 12.5 Å². The van der Waals surface area contributed by atoms with Crippen molar-refractivity contribution in [1.82, 2.24) is 9.97 Å². The van der Waals surface area contributed by atoms with Gasteiger partial charge in [-0.2, -0.15) is 17.6 Å². The van der Waals surface area contributed by atoms with Crippen molar-refractivity contribution in [2.24, 2.45) is 0 Å². The van der Waals surface area contributed by atoms with Crippen LogP contribution in [0.15, 0.2) is 60.8 Å². The summed E-state index contributed by atoms with van der Waals surface area (Å²) in [7, 11) is 0. The van der Waals surface area contributed by atoms with Gasteiger partial charge < -0.3 is 15.5 Å². The minimum atomic E-state index is -4.63. The molecule has 0 saturated carbocycles. The Morgan fingerprint density at radius 3 is 2.48 bits per heavy atom. The van der Waals surface area contributed by atoms with E-state index in [1.54, 1.807) is 6.07 Å². The van der Waals surface area contributed by atoms with Crippen LogP contribution in [0.3, 0.4) is 0 Å². The summed E-state index contributed by atoms with van der Waals surface area (Å²) in [6.45, 7) is 0. The molecule has 158 valence electrons. The van der Waals surface area contributed by atoms with Gasteiger partial charge in [0.2, 0.25) is 5.95 Å². The zero-order valence-corrected chi connectivity index (χ0v) is 17.9. The summed E-state index contributed by atoms with van der Waals surface area (Å²) in [5.41, 5.74) is 0.949. The molecular weight excluding hydrogens is 435 g/mol. The van der Waals surface area contributed by atoms with E-state index in [0.29, 0.717) is 11.3 Å². The summed E-state index contributed by atoms with van der Waals surface area (Å²) < 4.78 is 54.7. The van der Waals surface area contributed by atoms with Crippen molar-refractivity contribution >= 4 is 17.3 Å². The van der Waals surface area contributed by atoms with Crippen LogP contribution in [0, 0.1) is 10.1 Å². The third-order valence-electron chi connectivity index (χ3n) is 3.61. The van der Waals surface area contributed by atoms with Gasteiger partial charge >= 0.3 is 42.1 Å². The Hall–Kier alpha value is -2.80. The number of rotatable bonds is 7. The second-order valence-corrected chi connectivity index (χ2v) is 5.69. The van der Waals surface area contributed by atoms with E-state index in [9.17, 15) is 27.7 Å². The quantitative estimate of drug-likeness (QED) is 0.254. The molecule has 0 saturated heterocycles. The summed E-state index contributed by atoms with van der Waals surface area (Å²) in [5.74, 6) is -0.415. The number of hydrogen-bond donors (Lipinski definition) is 1. The second-order valence-electron chi connectivity index (χ2n) is 5.69. The topological polar surface area (TPSA) is 120 Å². The molecule has 0 aliphatic rings. The van der Waals surface area contributed by atoms with Crippen molar-refractivity contribution in [2.75, 3.05) is 5.32 Å². The SMILES string of the molecule is O=[N+]([O-])c1cccc(-c2ccnc(Nc3cccc(OC(F)(F)C(F)F)c3)n2)c1.[Na+].[OH-]. The Morgan fingerprint density at radius 1 is 1.10 bits per heavy atom. The van der Waals surface area contributed by atoms with Crippen molar-refractivity contribution in [3.63, 3.8) is 0 Å². The molecule has 0 spiro atoms. The van der Waals surface area contributed by atoms with Crippen LogP contribution < -0.4 is 39.6 Å². The Morgan fingerprint density at radius 2 is 1.81 bits per heavy atom. The van der Waals surface area contributed by atoms with Crippen LogP contribution in [0.5, 0.6) is 5.75 Å². The molecule has 0 radical (unpaired) electrons. The van der Waals surface area contributed by atoms with Gasteiger partial charge in [0.25, 0.3) is 5.69 Å². The smallest absolute Gasteiger partial charge is 0.870 e. The van der Waals surface area contributed by atoms with Crippen LogP contribution in [-0.4, -0.2) is 32.9 Å². The zero-order chi connectivity index (χ0) is 21.0. The van der Waals surface area contributed by atoms with Crippen LogP contribution in [0.2, 0.25) is 0 Å². The minimum absolute atomic E-state index is 0. The van der Waals surface area contributed by atoms with E-state index in [4.69, 9.17) is 0 Å². The van der Waals surface area contributed by atoms with Crippen molar-refractivity contribution < 1.29 is 62.3 Å². The molecule has 0 amide bonds. The molecule has 1 aromatic heterocycles. The van der Waals surface area contributed by atoms with E-state index < -0.39 is 23.2 Å². The molecule has 8 nitrogen and oxygen atoms in total. The molecule has 0 atom stereocenters. The molecule has 0 unspecified atom stereocenters. The van der Waals surface area contributed by atoms with Crippen molar-refractivity contribution in [3.8, 4) is 17.0 Å². The Balaban J connectivity index is 0.00000240. The van der Waals surface area contributed by atoms with Gasteiger partial charge in [0.05, 0.1) is 10.6 Å². The van der Waals surface area contributed by atoms with Gasteiger partial charge in [-0.1, -0.05) is 18.2 Å². The number of benzene rings is 2. The minimum Gasteiger partial charge on any atom is -0.870 e. The molecule has 0 aliphatic heterocycles. The molecular formula is C18H13F4N4NaO4. The van der Waals surface area contributed by atoms with Crippen LogP contribution in [-0.2, 0) is 0 Å². The van der Waals surface area contributed by atoms with Gasteiger partial charge in [-0.3, -0.25) is 10.1 Å². The van der Waals surface area contributed by atoms with E-state index in [-0.39, 0.29) is 52.4 Å². The third-order valence-corrected chi connectivity index (χ3v) is 3.61. The Kier molecular flexibility index (Phi) is 9.31. The van der Waals surface area contributed by atoms with Crippen LogP contribution in [0.25, 0.3) is 11.3 Å². The summed E-state index contributed by atoms with van der Waals surface area (Å²) in [6, 6.07) is 12.3. The van der Waals surface area contributed by atoms with E-state index >= 15 is 0 Å². The molecule has 2 N–H and O–H groups in total. The van der Waals surface area contributed by atoms with E-state index in [0.717, 1.165) is 12.1 Å². The zero-order valence-electron chi connectivity index (χ0n) is 15.9. The number of nitro groups is 1. The maximum Gasteiger partial charge on any atom is 1.00 e. The van der Waals surface area contributed by atoms with E-state index in [2.05, 4.69) is 20.0 Å². The maximum atomic E-state index is 13.1. The van der Waals surface area contributed by atoms with Crippen LogP contribution >= 0.6 is 0 Å². The number of nitro benzene ring substituents is 1. The fourth-order valence-electron chi connectivity index (χ4n) is 2.33. The molecule has 3 rings (SSSR count). The first-order valence-corrected chi connectivity index (χ1v) is 8.04. The summed E-state index contributed by atoms with van der Waals surface area (Å²) in [5, 5.41) is 13.7. The number of nitrogens with one attached hydrogen (secondary N) is 1. The summed E-state index contributed by atoms with van der Waals surface area (Å²) >= 11 is 0. The predicted molar refractivity (Wildman–Crippen MR) is 97.4 cm³/mol. The van der Waals surface area contributed by atoms with Gasteiger partial charge in [0.15, 0.2) is 0 Å². The normalized spacial score (nSPS) is 10.6. The third kappa shape index (κ3) is 6.85. The Labute approximate surface area is 195 Å². The Bertz CT molecular complexity index is 1040. The summed E-state index contributed by atoms with van der Waals surface area (Å²) in [4.78, 5) is 18.6. The number of aromatic nitrogens is 2. The second kappa shape index (κ2) is 11.0. The average molecular weight is 448 g/mol. The number of hydrogen-bond acceptors (Lipinski definition) is 7. The monoisotopic (exact) mass is 448 g/mol. The van der Waals surface area contributed by atoms with Crippen LogP contribution in [0.4, 0.5) is 34.9 Å². The number of ether oxygens (including phenoxy) is 1. The van der Waals surface area contributed by atoms with Crippen molar-refractivity contribution in [3.05, 3.63) is 70.9 Å². The van der Waals surface area contributed by atoms with Gasteiger partial charge in [0, 0.05) is 35.6 Å². The fraction of sp³-hybridized carbons (Fsp3) is 0.111. The number of halogens is 4. The first kappa shape index (κ1) is 26.2. The predicted octanol–water partition coefficient (Wildman–Crippen LogP) is 1.86. The van der Waals surface area contributed by atoms with E-state index in [1.165, 1.54) is 42.6 Å². The molecule has 0 aliphatic carbocycles. The largest absolute Gasteiger partial charge is 1.00 e. The standard InChI is InChI=1S/C18H12F4N4O3.Na.H2O/c19-16(20)18(21,22)29-14-6-2-4-12(10-14)24-17-23-8-7-15(25-17)11-3-1-5-13(9-11)26(27)28;;/h1-10,16H,(H,23,24,25);;1H2/q;+1;/p-1. The maximum absolute atomic E-state index is 13.1.